The van der Waals surface area contributed by atoms with Crippen LogP contribution >= 0.6 is 0 Å². The summed E-state index contributed by atoms with van der Waals surface area (Å²) >= 11 is 0. The summed E-state index contributed by atoms with van der Waals surface area (Å²) in [5.41, 5.74) is 0.750. The van der Waals surface area contributed by atoms with E-state index in [1.54, 1.807) is 13.0 Å². The van der Waals surface area contributed by atoms with Gasteiger partial charge in [0.15, 0.2) is 5.82 Å². The lowest BCUT2D eigenvalue weighted by molar-refractivity contribution is -0.122. The monoisotopic (exact) mass is 242 g/mol. The van der Waals surface area contributed by atoms with Crippen molar-refractivity contribution in [2.24, 2.45) is 5.41 Å². The fraction of sp³-hybridized carbons (Fsp3) is 0.545. The molecule has 0 aromatic carbocycles. The Morgan fingerprint density at radius 1 is 1.47 bits per heavy atom. The first-order valence-corrected chi connectivity index (χ1v) is 5.16. The van der Waals surface area contributed by atoms with Crippen LogP contribution < -0.4 is 5.32 Å². The minimum absolute atomic E-state index is 0.250. The van der Waals surface area contributed by atoms with E-state index in [2.05, 4.69) is 28.8 Å². The number of rotatable bonds is 2. The minimum Gasteiger partial charge on any atom is -0.483 e. The molecule has 1 heterocycles. The first-order valence-electron chi connectivity index (χ1n) is 5.16. The van der Waals surface area contributed by atoms with E-state index in [1.165, 1.54) is 12.8 Å². The van der Waals surface area contributed by atoms with Crippen molar-refractivity contribution >= 4 is 18.7 Å². The second kappa shape index (κ2) is 7.43. The minimum atomic E-state index is -0.250. The predicted octanol–water partition coefficient (Wildman–Crippen LogP) is 2.06. The fourth-order valence-corrected chi connectivity index (χ4v) is 0.745. The van der Waals surface area contributed by atoms with Crippen LogP contribution in [-0.4, -0.2) is 23.1 Å². The highest BCUT2D eigenvalue weighted by Gasteiger charge is 2.30. The summed E-state index contributed by atoms with van der Waals surface area (Å²) in [5, 5.41) is 12.7. The van der Waals surface area contributed by atoms with Crippen molar-refractivity contribution in [1.29, 1.82) is 0 Å². The van der Waals surface area contributed by atoms with Crippen LogP contribution in [0.4, 0.5) is 5.82 Å². The van der Waals surface area contributed by atoms with Crippen molar-refractivity contribution in [3.05, 3.63) is 11.8 Å². The third-order valence-corrected chi connectivity index (χ3v) is 2.08. The van der Waals surface area contributed by atoms with Gasteiger partial charge in [0.25, 0.3) is 6.47 Å². The van der Waals surface area contributed by atoms with Gasteiger partial charge in [-0.2, -0.15) is 0 Å². The van der Waals surface area contributed by atoms with E-state index in [4.69, 9.17) is 9.90 Å². The first kappa shape index (κ1) is 15.2. The Balaban J connectivity index is 0.000000270. The number of aromatic nitrogens is 1. The standard InChI is InChI=1S/C5H6N2O2.C5H10.CH2O2/c1-4-2-5(6-3-8)7-9-4;1-5(2)3-4-5;2-1-3/h2-3H,1H3,(H,6,7,8);3-4H2,1-2H3;1H,(H,2,3). The average Bonchev–Trinajstić information content (AvgIpc) is 2.76. The van der Waals surface area contributed by atoms with E-state index in [9.17, 15) is 4.79 Å². The first-order chi connectivity index (χ1) is 7.95. The molecular formula is C11H18N2O4. The molecule has 0 unspecified atom stereocenters. The molecule has 1 aromatic rings. The summed E-state index contributed by atoms with van der Waals surface area (Å²) in [6, 6.07) is 1.63. The number of nitrogens with one attached hydrogen (secondary N) is 1. The summed E-state index contributed by atoms with van der Waals surface area (Å²) in [4.78, 5) is 18.2. The SMILES string of the molecule is CC1(C)CC1.Cc1cc(NC=O)no1.O=CO. The number of nitrogens with zero attached hydrogens (tertiary/aromatic N) is 1. The molecule has 1 aliphatic rings. The quantitative estimate of drug-likeness (QED) is 0.774. The highest BCUT2D eigenvalue weighted by molar-refractivity contribution is 5.68. The van der Waals surface area contributed by atoms with Crippen LogP contribution in [0.5, 0.6) is 0 Å². The Kier molecular flexibility index (Phi) is 6.62. The molecule has 0 saturated heterocycles. The number of carboxylic acid groups (broad SMARTS) is 1. The van der Waals surface area contributed by atoms with Crippen LogP contribution in [0, 0.1) is 12.3 Å². The molecule has 1 amide bonds. The van der Waals surface area contributed by atoms with Crippen molar-refractivity contribution in [3.63, 3.8) is 0 Å². The molecule has 2 rings (SSSR count). The van der Waals surface area contributed by atoms with Crippen molar-refractivity contribution in [3.8, 4) is 0 Å². The molecule has 1 saturated carbocycles. The van der Waals surface area contributed by atoms with E-state index >= 15 is 0 Å². The lowest BCUT2D eigenvalue weighted by Crippen LogP contribution is -1.92. The van der Waals surface area contributed by atoms with Gasteiger partial charge in [0.05, 0.1) is 0 Å². The van der Waals surface area contributed by atoms with E-state index in [0.717, 1.165) is 5.41 Å². The largest absolute Gasteiger partial charge is 0.483 e. The van der Waals surface area contributed by atoms with Gasteiger partial charge in [-0.25, -0.2) is 0 Å². The molecule has 0 spiro atoms. The molecule has 6 heteroatoms. The normalized spacial score (nSPS) is 14.3. The second-order valence-electron chi connectivity index (χ2n) is 4.35. The van der Waals surface area contributed by atoms with E-state index < -0.39 is 0 Å². The summed E-state index contributed by atoms with van der Waals surface area (Å²) in [7, 11) is 0. The van der Waals surface area contributed by atoms with Crippen LogP contribution in [0.15, 0.2) is 10.6 Å². The summed E-state index contributed by atoms with van der Waals surface area (Å²) in [6.45, 7) is 6.10. The van der Waals surface area contributed by atoms with Gasteiger partial charge in [-0.15, -0.1) is 0 Å². The molecule has 0 bridgehead atoms. The van der Waals surface area contributed by atoms with Gasteiger partial charge in [-0.05, 0) is 25.2 Å². The molecule has 6 nitrogen and oxygen atoms in total. The van der Waals surface area contributed by atoms with Gasteiger partial charge in [0.2, 0.25) is 6.41 Å². The zero-order valence-corrected chi connectivity index (χ0v) is 10.3. The van der Waals surface area contributed by atoms with Gasteiger partial charge >= 0.3 is 0 Å². The molecule has 0 atom stereocenters. The molecule has 96 valence electrons. The zero-order chi connectivity index (χ0) is 13.3. The van der Waals surface area contributed by atoms with Crippen LogP contribution in [0.1, 0.15) is 32.4 Å². The molecule has 2 N–H and O–H groups in total. The lowest BCUT2D eigenvalue weighted by atomic mass is 10.2. The molecule has 1 fully saturated rings. The second-order valence-corrected chi connectivity index (χ2v) is 4.35. The van der Waals surface area contributed by atoms with E-state index in [0.29, 0.717) is 18.0 Å². The Morgan fingerprint density at radius 2 is 1.94 bits per heavy atom. The number of amides is 1. The van der Waals surface area contributed by atoms with Crippen LogP contribution in [0.25, 0.3) is 0 Å². The van der Waals surface area contributed by atoms with Crippen molar-refractivity contribution in [1.82, 2.24) is 5.16 Å². The Hall–Kier alpha value is -1.85. The van der Waals surface area contributed by atoms with Gasteiger partial charge in [-0.3, -0.25) is 9.59 Å². The Labute approximate surface area is 100.0 Å². The van der Waals surface area contributed by atoms with E-state index in [-0.39, 0.29) is 6.47 Å². The van der Waals surface area contributed by atoms with Gasteiger partial charge < -0.3 is 14.9 Å². The molecule has 1 aliphatic carbocycles. The van der Waals surface area contributed by atoms with Gasteiger partial charge in [0.1, 0.15) is 5.76 Å². The van der Waals surface area contributed by atoms with Gasteiger partial charge in [0, 0.05) is 6.07 Å². The topological polar surface area (TPSA) is 92.4 Å². The third-order valence-electron chi connectivity index (χ3n) is 2.08. The number of hydrogen-bond donors (Lipinski definition) is 2. The molecule has 0 radical (unpaired) electrons. The zero-order valence-electron chi connectivity index (χ0n) is 10.3. The molecule has 17 heavy (non-hydrogen) atoms. The smallest absolute Gasteiger partial charge is 0.290 e. The number of aryl methyl sites for hydroxylation is 1. The lowest BCUT2D eigenvalue weighted by Gasteiger charge is -1.86. The summed E-state index contributed by atoms with van der Waals surface area (Å²) in [5.74, 6) is 1.13. The third kappa shape index (κ3) is 9.10. The average molecular weight is 242 g/mol. The maximum Gasteiger partial charge on any atom is 0.290 e. The van der Waals surface area contributed by atoms with Crippen molar-refractivity contribution < 1.29 is 19.2 Å². The maximum absolute atomic E-state index is 9.79. The van der Waals surface area contributed by atoms with E-state index in [1.807, 2.05) is 0 Å². The molecule has 1 aromatic heterocycles. The highest BCUT2D eigenvalue weighted by atomic mass is 16.5. The highest BCUT2D eigenvalue weighted by Crippen LogP contribution is 2.43. The number of carbonyl (C=O) groups is 2. The number of carbonyl (C=O) groups excluding carboxylic acids is 1. The Bertz CT molecular complexity index is 341. The van der Waals surface area contributed by atoms with Crippen molar-refractivity contribution in [2.75, 3.05) is 5.32 Å². The summed E-state index contributed by atoms with van der Waals surface area (Å²) in [6.07, 6.45) is 3.46. The summed E-state index contributed by atoms with van der Waals surface area (Å²) < 4.78 is 4.65. The fourth-order valence-electron chi connectivity index (χ4n) is 0.745. The van der Waals surface area contributed by atoms with Crippen LogP contribution in [-0.2, 0) is 9.59 Å². The van der Waals surface area contributed by atoms with Crippen molar-refractivity contribution in [2.45, 2.75) is 33.6 Å². The van der Waals surface area contributed by atoms with Gasteiger partial charge in [-0.1, -0.05) is 19.0 Å². The van der Waals surface area contributed by atoms with Crippen LogP contribution in [0.3, 0.4) is 0 Å². The Morgan fingerprint density at radius 3 is 2.18 bits per heavy atom. The molecular weight excluding hydrogens is 224 g/mol. The maximum atomic E-state index is 9.79. The predicted molar refractivity (Wildman–Crippen MR) is 62.6 cm³/mol. The molecule has 0 aliphatic heterocycles. The number of anilines is 1. The number of hydrogen-bond acceptors (Lipinski definition) is 4. The van der Waals surface area contributed by atoms with Crippen LogP contribution in [0.2, 0.25) is 0 Å².